The molecule has 0 aliphatic carbocycles. The van der Waals surface area contributed by atoms with Gasteiger partial charge in [0.2, 0.25) is 0 Å². The molecule has 6 nitrogen and oxygen atoms in total. The van der Waals surface area contributed by atoms with Crippen molar-refractivity contribution in [3.05, 3.63) is 0 Å². The normalized spacial score (nSPS) is 41.6. The van der Waals surface area contributed by atoms with Gasteiger partial charge in [0.05, 0.1) is 0 Å². The molecule has 8 unspecified atom stereocenters. The summed E-state index contributed by atoms with van der Waals surface area (Å²) in [6, 6.07) is 0.814. The van der Waals surface area contributed by atoms with Crippen molar-refractivity contribution in [1.29, 1.82) is 0 Å². The molecule has 4 bridgehead atoms. The number of hydrogen-bond donors (Lipinski definition) is 2. The molecule has 28 heavy (non-hydrogen) atoms. The van der Waals surface area contributed by atoms with E-state index in [1.807, 2.05) is 0 Å². The van der Waals surface area contributed by atoms with E-state index in [-0.39, 0.29) is 0 Å². The molecule has 0 aromatic heterocycles. The molecule has 6 rings (SSSR count). The topological polar surface area (TPSA) is 64.7 Å². The van der Waals surface area contributed by atoms with Crippen LogP contribution in [0.15, 0.2) is 0 Å². The molecule has 6 heterocycles. The second-order valence-corrected chi connectivity index (χ2v) is 9.62. The summed E-state index contributed by atoms with van der Waals surface area (Å²) in [5, 5.41) is 5.80. The maximum absolute atomic E-state index is 12.3. The molecule has 0 aromatic rings. The van der Waals surface area contributed by atoms with Gasteiger partial charge in [-0.1, -0.05) is 26.7 Å². The average Bonchev–Trinajstić information content (AvgIpc) is 2.76. The summed E-state index contributed by atoms with van der Waals surface area (Å²) in [6.45, 7) is 10.4. The number of piperidine rings is 6. The van der Waals surface area contributed by atoms with Gasteiger partial charge in [0.15, 0.2) is 0 Å². The van der Waals surface area contributed by atoms with Crippen LogP contribution < -0.4 is 10.6 Å². The smallest absolute Gasteiger partial charge is 0.309 e. The Hall–Kier alpha value is -1.14. The summed E-state index contributed by atoms with van der Waals surface area (Å²) in [6.07, 6.45) is 7.42. The lowest BCUT2D eigenvalue weighted by atomic mass is 9.74. The zero-order valence-corrected chi connectivity index (χ0v) is 17.7. The third kappa shape index (κ3) is 4.09. The highest BCUT2D eigenvalue weighted by molar-refractivity contribution is 6.35. The lowest BCUT2D eigenvalue weighted by Crippen LogP contribution is -2.58. The first kappa shape index (κ1) is 20.1. The average molecular weight is 391 g/mol. The van der Waals surface area contributed by atoms with E-state index in [0.717, 1.165) is 62.7 Å². The van der Waals surface area contributed by atoms with Crippen LogP contribution in [-0.2, 0) is 9.59 Å². The molecule has 8 atom stereocenters. The molecule has 2 amide bonds. The Morgan fingerprint density at radius 2 is 1.21 bits per heavy atom. The zero-order chi connectivity index (χ0) is 19.7. The van der Waals surface area contributed by atoms with E-state index in [1.165, 1.54) is 25.7 Å². The molecule has 6 heteroatoms. The predicted molar refractivity (Wildman–Crippen MR) is 110 cm³/mol. The van der Waals surface area contributed by atoms with E-state index in [4.69, 9.17) is 0 Å². The second-order valence-electron chi connectivity index (χ2n) is 9.62. The standard InChI is InChI=1S/C22H38N4O2/c1-3-15-13-25-7-5-17(15)9-19(25)11-23-21(27)22(28)24-12-20-10-18-6-8-26(20)14-16(18)4-2/h15-20H,3-14H2,1-2H3,(H,23,27)(H,24,28). The minimum absolute atomic E-state index is 0.407. The summed E-state index contributed by atoms with van der Waals surface area (Å²) in [4.78, 5) is 29.6. The SMILES string of the molecule is CCC1CN2CCC1CC2CNC(=O)C(=O)NCC1CC2CCN1CC2CC. The van der Waals surface area contributed by atoms with Crippen LogP contribution in [0.3, 0.4) is 0 Å². The number of carbonyl (C=O) groups is 2. The third-order valence-corrected chi connectivity index (χ3v) is 8.28. The van der Waals surface area contributed by atoms with Crippen molar-refractivity contribution in [2.75, 3.05) is 39.3 Å². The molecule has 0 radical (unpaired) electrons. The van der Waals surface area contributed by atoms with Crippen molar-refractivity contribution >= 4 is 11.8 Å². The zero-order valence-electron chi connectivity index (χ0n) is 17.7. The van der Waals surface area contributed by atoms with E-state index in [0.29, 0.717) is 25.2 Å². The number of fused-ring (bicyclic) bond motifs is 6. The molecule has 6 aliphatic heterocycles. The van der Waals surface area contributed by atoms with E-state index in [2.05, 4.69) is 34.3 Å². The molecule has 158 valence electrons. The fraction of sp³-hybridized carbons (Fsp3) is 0.909. The van der Waals surface area contributed by atoms with Gasteiger partial charge in [-0.3, -0.25) is 19.4 Å². The molecule has 6 fully saturated rings. The van der Waals surface area contributed by atoms with Crippen molar-refractivity contribution in [1.82, 2.24) is 20.4 Å². The number of nitrogens with one attached hydrogen (secondary N) is 2. The van der Waals surface area contributed by atoms with Crippen LogP contribution in [-0.4, -0.2) is 73.0 Å². The van der Waals surface area contributed by atoms with Gasteiger partial charge in [0, 0.05) is 38.3 Å². The minimum Gasteiger partial charge on any atom is -0.346 e. The highest BCUT2D eigenvalue weighted by Crippen LogP contribution is 2.38. The van der Waals surface area contributed by atoms with Crippen LogP contribution in [0.2, 0.25) is 0 Å². The van der Waals surface area contributed by atoms with Crippen molar-refractivity contribution < 1.29 is 9.59 Å². The van der Waals surface area contributed by atoms with Crippen molar-refractivity contribution in [3.63, 3.8) is 0 Å². The minimum atomic E-state index is -0.461. The van der Waals surface area contributed by atoms with Gasteiger partial charge >= 0.3 is 11.8 Å². The summed E-state index contributed by atoms with van der Waals surface area (Å²) in [5.41, 5.74) is 0. The van der Waals surface area contributed by atoms with Crippen LogP contribution in [0.5, 0.6) is 0 Å². The highest BCUT2D eigenvalue weighted by Gasteiger charge is 2.40. The molecule has 0 saturated carbocycles. The van der Waals surface area contributed by atoms with E-state index >= 15 is 0 Å². The number of rotatable bonds is 6. The van der Waals surface area contributed by atoms with Crippen LogP contribution in [0, 0.1) is 23.7 Å². The van der Waals surface area contributed by atoms with Crippen LogP contribution in [0.1, 0.15) is 52.4 Å². The van der Waals surface area contributed by atoms with Crippen molar-refractivity contribution in [3.8, 4) is 0 Å². The molecule has 6 saturated heterocycles. The fourth-order valence-electron chi connectivity index (χ4n) is 6.43. The molecule has 0 aromatic carbocycles. The van der Waals surface area contributed by atoms with Gasteiger partial charge in [-0.05, 0) is 62.4 Å². The number of amides is 2. The highest BCUT2D eigenvalue weighted by atomic mass is 16.2. The van der Waals surface area contributed by atoms with E-state index < -0.39 is 11.8 Å². The lowest BCUT2D eigenvalue weighted by Gasteiger charge is -2.50. The summed E-state index contributed by atoms with van der Waals surface area (Å²) >= 11 is 0. The van der Waals surface area contributed by atoms with E-state index in [1.54, 1.807) is 0 Å². The van der Waals surface area contributed by atoms with Gasteiger partial charge in [-0.25, -0.2) is 0 Å². The maximum atomic E-state index is 12.3. The Bertz CT molecular complexity index is 533. The number of hydrogen-bond acceptors (Lipinski definition) is 4. The van der Waals surface area contributed by atoms with Crippen molar-refractivity contribution in [2.24, 2.45) is 23.7 Å². The Balaban J connectivity index is 1.18. The quantitative estimate of drug-likeness (QED) is 0.674. The maximum Gasteiger partial charge on any atom is 0.309 e. The molecular weight excluding hydrogens is 352 g/mol. The van der Waals surface area contributed by atoms with Gasteiger partial charge in [-0.2, -0.15) is 0 Å². The third-order valence-electron chi connectivity index (χ3n) is 8.28. The Kier molecular flexibility index (Phi) is 6.26. The van der Waals surface area contributed by atoms with Crippen LogP contribution in [0.25, 0.3) is 0 Å². The largest absolute Gasteiger partial charge is 0.346 e. The fourth-order valence-corrected chi connectivity index (χ4v) is 6.43. The number of carbonyl (C=O) groups excluding carboxylic acids is 2. The lowest BCUT2D eigenvalue weighted by molar-refractivity contribution is -0.139. The Labute approximate surface area is 169 Å². The Morgan fingerprint density at radius 3 is 1.54 bits per heavy atom. The second kappa shape index (κ2) is 8.70. The van der Waals surface area contributed by atoms with Crippen LogP contribution >= 0.6 is 0 Å². The van der Waals surface area contributed by atoms with Crippen molar-refractivity contribution in [2.45, 2.75) is 64.5 Å². The first-order valence-corrected chi connectivity index (χ1v) is 11.6. The van der Waals surface area contributed by atoms with Gasteiger partial charge in [0.25, 0.3) is 0 Å². The number of nitrogens with zero attached hydrogens (tertiary/aromatic N) is 2. The Morgan fingerprint density at radius 1 is 0.786 bits per heavy atom. The van der Waals surface area contributed by atoms with Gasteiger partial charge < -0.3 is 10.6 Å². The van der Waals surface area contributed by atoms with Gasteiger partial charge in [-0.15, -0.1) is 0 Å². The first-order valence-electron chi connectivity index (χ1n) is 11.6. The molecule has 2 N–H and O–H groups in total. The van der Waals surface area contributed by atoms with Gasteiger partial charge in [0.1, 0.15) is 0 Å². The summed E-state index contributed by atoms with van der Waals surface area (Å²) in [5.74, 6) is 2.31. The summed E-state index contributed by atoms with van der Waals surface area (Å²) in [7, 11) is 0. The molecule has 0 spiro atoms. The first-order chi connectivity index (χ1) is 13.6. The van der Waals surface area contributed by atoms with E-state index in [9.17, 15) is 9.59 Å². The predicted octanol–water partition coefficient (Wildman–Crippen LogP) is 1.46. The summed E-state index contributed by atoms with van der Waals surface area (Å²) < 4.78 is 0. The molecular formula is C22H38N4O2. The monoisotopic (exact) mass is 390 g/mol. The molecule has 6 aliphatic rings. The van der Waals surface area contributed by atoms with Crippen LogP contribution in [0.4, 0.5) is 0 Å².